The lowest BCUT2D eigenvalue weighted by Gasteiger charge is -2.20. The van der Waals surface area contributed by atoms with Crippen molar-refractivity contribution in [3.8, 4) is 11.1 Å². The number of amides is 2. The Morgan fingerprint density at radius 1 is 0.914 bits per heavy atom. The number of hydrogen-bond donors (Lipinski definition) is 3. The molecule has 1 atom stereocenters. The third kappa shape index (κ3) is 5.35. The number of carbonyl (C=O) groups excluding carboxylic acids is 2. The highest BCUT2D eigenvalue weighted by atomic mass is 16.5. The largest absolute Gasteiger partial charge is 0.478 e. The first kappa shape index (κ1) is 24.0. The molecule has 0 saturated heterocycles. The van der Waals surface area contributed by atoms with Crippen molar-refractivity contribution in [2.24, 2.45) is 0 Å². The summed E-state index contributed by atoms with van der Waals surface area (Å²) in [4.78, 5) is 37.1. The van der Waals surface area contributed by atoms with E-state index in [1.165, 1.54) is 12.1 Å². The molecule has 7 heteroatoms. The number of benzene rings is 3. The van der Waals surface area contributed by atoms with Crippen LogP contribution in [0.3, 0.4) is 0 Å². The second-order valence-corrected chi connectivity index (χ2v) is 8.50. The lowest BCUT2D eigenvalue weighted by molar-refractivity contribution is -0.118. The molecule has 0 aromatic heterocycles. The van der Waals surface area contributed by atoms with Crippen molar-refractivity contribution in [3.63, 3.8) is 0 Å². The number of unbranched alkanes of at least 4 members (excludes halogenated alkanes) is 1. The number of aromatic carboxylic acids is 1. The zero-order valence-electron chi connectivity index (χ0n) is 19.5. The van der Waals surface area contributed by atoms with Crippen molar-refractivity contribution in [1.82, 2.24) is 5.32 Å². The smallest absolute Gasteiger partial charge is 0.407 e. The molecule has 0 aliphatic heterocycles. The van der Waals surface area contributed by atoms with Gasteiger partial charge in [0.2, 0.25) is 5.91 Å². The molecular weight excluding hydrogens is 444 g/mol. The van der Waals surface area contributed by atoms with E-state index in [2.05, 4.69) is 22.8 Å². The zero-order valence-corrected chi connectivity index (χ0v) is 19.5. The predicted octanol–water partition coefficient (Wildman–Crippen LogP) is 5.42. The van der Waals surface area contributed by atoms with Crippen molar-refractivity contribution < 1.29 is 24.2 Å². The van der Waals surface area contributed by atoms with Gasteiger partial charge < -0.3 is 20.5 Å². The van der Waals surface area contributed by atoms with E-state index in [0.29, 0.717) is 12.8 Å². The van der Waals surface area contributed by atoms with Crippen LogP contribution in [0.25, 0.3) is 11.1 Å². The maximum Gasteiger partial charge on any atom is 0.407 e. The Bertz CT molecular complexity index is 1190. The van der Waals surface area contributed by atoms with Crippen LogP contribution in [-0.4, -0.2) is 35.7 Å². The van der Waals surface area contributed by atoms with Crippen LogP contribution in [0.2, 0.25) is 0 Å². The summed E-state index contributed by atoms with van der Waals surface area (Å²) in [5.74, 6) is -1.71. The van der Waals surface area contributed by atoms with Gasteiger partial charge in [0.05, 0.1) is 11.3 Å². The summed E-state index contributed by atoms with van der Waals surface area (Å²) >= 11 is 0. The van der Waals surface area contributed by atoms with E-state index in [4.69, 9.17) is 4.74 Å². The second kappa shape index (κ2) is 10.9. The van der Waals surface area contributed by atoms with Gasteiger partial charge in [-0.2, -0.15) is 0 Å². The Balaban J connectivity index is 1.43. The molecule has 35 heavy (non-hydrogen) atoms. The maximum atomic E-state index is 12.9. The fourth-order valence-electron chi connectivity index (χ4n) is 4.46. The number of carboxylic acids is 1. The van der Waals surface area contributed by atoms with Crippen molar-refractivity contribution in [2.75, 3.05) is 11.9 Å². The number of anilines is 1. The predicted molar refractivity (Wildman–Crippen MR) is 134 cm³/mol. The number of ether oxygens (including phenoxy) is 1. The minimum atomic E-state index is -1.14. The number of carbonyl (C=O) groups is 3. The number of rotatable bonds is 9. The normalized spacial score (nSPS) is 12.8. The van der Waals surface area contributed by atoms with Gasteiger partial charge in [-0.15, -0.1) is 0 Å². The van der Waals surface area contributed by atoms with E-state index in [0.717, 1.165) is 28.7 Å². The molecular formula is C28H28N2O5. The molecule has 1 aliphatic carbocycles. The van der Waals surface area contributed by atoms with Crippen molar-refractivity contribution in [3.05, 3.63) is 89.5 Å². The van der Waals surface area contributed by atoms with Crippen LogP contribution >= 0.6 is 0 Å². The molecule has 1 unspecified atom stereocenters. The molecule has 0 radical (unpaired) electrons. The number of alkyl carbamates (subject to hydrolysis) is 1. The van der Waals surface area contributed by atoms with Crippen LogP contribution in [0.1, 0.15) is 53.6 Å². The monoisotopic (exact) mass is 472 g/mol. The SMILES string of the molecule is CCCCC(NC(=O)OCC1c2ccccc2-c2ccccc21)C(=O)Nc1ccccc1C(=O)O. The van der Waals surface area contributed by atoms with E-state index < -0.39 is 24.0 Å². The molecule has 0 fully saturated rings. The molecule has 0 bridgehead atoms. The van der Waals surface area contributed by atoms with E-state index >= 15 is 0 Å². The lowest BCUT2D eigenvalue weighted by atomic mass is 9.98. The van der Waals surface area contributed by atoms with E-state index in [-0.39, 0.29) is 23.8 Å². The Morgan fingerprint density at radius 3 is 2.14 bits per heavy atom. The molecule has 7 nitrogen and oxygen atoms in total. The van der Waals surface area contributed by atoms with Gasteiger partial charge in [0, 0.05) is 5.92 Å². The van der Waals surface area contributed by atoms with Gasteiger partial charge in [-0.05, 0) is 40.8 Å². The highest BCUT2D eigenvalue weighted by Crippen LogP contribution is 2.44. The lowest BCUT2D eigenvalue weighted by Crippen LogP contribution is -2.44. The molecule has 3 N–H and O–H groups in total. The molecule has 1 aliphatic rings. The quantitative estimate of drug-likeness (QED) is 0.386. The molecule has 0 heterocycles. The average Bonchev–Trinajstić information content (AvgIpc) is 3.19. The van der Waals surface area contributed by atoms with Crippen LogP contribution in [0.4, 0.5) is 10.5 Å². The summed E-state index contributed by atoms with van der Waals surface area (Å²) in [5, 5.41) is 14.7. The van der Waals surface area contributed by atoms with Crippen molar-refractivity contribution in [1.29, 1.82) is 0 Å². The summed E-state index contributed by atoms with van der Waals surface area (Å²) in [7, 11) is 0. The van der Waals surface area contributed by atoms with Gasteiger partial charge in [-0.1, -0.05) is 80.4 Å². The van der Waals surface area contributed by atoms with Gasteiger partial charge in [0.15, 0.2) is 0 Å². The zero-order chi connectivity index (χ0) is 24.8. The van der Waals surface area contributed by atoms with Crippen LogP contribution in [-0.2, 0) is 9.53 Å². The van der Waals surface area contributed by atoms with E-state index in [9.17, 15) is 19.5 Å². The summed E-state index contributed by atoms with van der Waals surface area (Å²) in [5.41, 5.74) is 4.64. The molecule has 2 amide bonds. The Hall–Kier alpha value is -4.13. The number of nitrogens with one attached hydrogen (secondary N) is 2. The van der Waals surface area contributed by atoms with Crippen LogP contribution in [0.15, 0.2) is 72.8 Å². The molecule has 180 valence electrons. The first-order valence-electron chi connectivity index (χ1n) is 11.7. The van der Waals surface area contributed by atoms with Crippen molar-refractivity contribution in [2.45, 2.75) is 38.1 Å². The Labute approximate surface area is 204 Å². The third-order valence-corrected chi connectivity index (χ3v) is 6.21. The molecule has 3 aromatic rings. The first-order chi connectivity index (χ1) is 17.0. The van der Waals surface area contributed by atoms with Crippen LogP contribution < -0.4 is 10.6 Å². The van der Waals surface area contributed by atoms with Gasteiger partial charge >= 0.3 is 12.1 Å². The summed E-state index contributed by atoms with van der Waals surface area (Å²) < 4.78 is 5.59. The van der Waals surface area contributed by atoms with Crippen LogP contribution in [0.5, 0.6) is 0 Å². The fourth-order valence-corrected chi connectivity index (χ4v) is 4.46. The number of para-hydroxylation sites is 1. The maximum absolute atomic E-state index is 12.9. The fraction of sp³-hybridized carbons (Fsp3) is 0.250. The standard InChI is InChI=1S/C28H28N2O5/c1-2-3-15-25(26(31)29-24-16-9-8-14-22(24)27(32)33)30-28(34)35-17-23-20-12-6-4-10-18(20)19-11-5-7-13-21(19)23/h4-14,16,23,25H,2-3,15,17H2,1H3,(H,29,31)(H,30,34)(H,32,33). The summed E-state index contributed by atoms with van der Waals surface area (Å²) in [6.07, 6.45) is 1.26. The Morgan fingerprint density at radius 2 is 1.51 bits per heavy atom. The highest BCUT2D eigenvalue weighted by Gasteiger charge is 2.30. The van der Waals surface area contributed by atoms with Gasteiger partial charge in [-0.25, -0.2) is 9.59 Å². The van der Waals surface area contributed by atoms with Crippen molar-refractivity contribution >= 4 is 23.7 Å². The average molecular weight is 473 g/mol. The highest BCUT2D eigenvalue weighted by molar-refractivity contribution is 6.02. The Kier molecular flexibility index (Phi) is 7.45. The summed E-state index contributed by atoms with van der Waals surface area (Å²) in [6.45, 7) is 2.13. The minimum absolute atomic E-state index is 0.0174. The number of carboxylic acid groups (broad SMARTS) is 1. The molecule has 0 saturated carbocycles. The van der Waals surface area contributed by atoms with Crippen LogP contribution in [0, 0.1) is 0 Å². The van der Waals surface area contributed by atoms with Gasteiger partial charge in [0.1, 0.15) is 12.6 Å². The molecule has 4 rings (SSSR count). The summed E-state index contributed by atoms with van der Waals surface area (Å²) in [6, 6.07) is 21.4. The molecule has 3 aromatic carbocycles. The third-order valence-electron chi connectivity index (χ3n) is 6.21. The molecule has 0 spiro atoms. The number of hydrogen-bond acceptors (Lipinski definition) is 4. The van der Waals surface area contributed by atoms with E-state index in [1.807, 2.05) is 43.3 Å². The van der Waals surface area contributed by atoms with Gasteiger partial charge in [0.25, 0.3) is 0 Å². The number of fused-ring (bicyclic) bond motifs is 3. The topological polar surface area (TPSA) is 105 Å². The van der Waals surface area contributed by atoms with Gasteiger partial charge in [-0.3, -0.25) is 4.79 Å². The first-order valence-corrected chi connectivity index (χ1v) is 11.7. The second-order valence-electron chi connectivity index (χ2n) is 8.50. The van der Waals surface area contributed by atoms with E-state index in [1.54, 1.807) is 12.1 Å². The minimum Gasteiger partial charge on any atom is -0.478 e.